The van der Waals surface area contributed by atoms with E-state index in [0.717, 1.165) is 68.6 Å². The van der Waals surface area contributed by atoms with Gasteiger partial charge in [0.15, 0.2) is 11.2 Å². The quantitative estimate of drug-likeness (QED) is 0.200. The summed E-state index contributed by atoms with van der Waals surface area (Å²) in [5.41, 5.74) is 11.9. The van der Waals surface area contributed by atoms with Crippen molar-refractivity contribution >= 4 is 60.7 Å². The molecule has 0 fully saturated rings. The standard InChI is InChI=1S/C44H29NO2/c1-2-12-28(13-3-1)30-26-27-38(33-17-7-6-16-32(30)33)45(39-21-10-19-35-34-18-8-9-23-41(34)46-43(35)39)40-22-11-20-36-37-25-24-29-14-4-5-15-31(29)42(37)47-44(36)40/h1-23,26-27H,24-25H2. The number of hydrogen-bond donors (Lipinski definition) is 0. The number of rotatable bonds is 4. The number of hydrogen-bond acceptors (Lipinski definition) is 3. The first-order valence-electron chi connectivity index (χ1n) is 16.2. The van der Waals surface area contributed by atoms with Crippen LogP contribution >= 0.6 is 0 Å². The minimum absolute atomic E-state index is 0.851. The van der Waals surface area contributed by atoms with E-state index in [9.17, 15) is 0 Å². The zero-order chi connectivity index (χ0) is 30.9. The predicted octanol–water partition coefficient (Wildman–Crippen LogP) is 12.4. The molecule has 0 saturated carbocycles. The molecule has 0 spiro atoms. The summed E-state index contributed by atoms with van der Waals surface area (Å²) in [5, 5.41) is 5.71. The van der Waals surface area contributed by atoms with Gasteiger partial charge in [-0.2, -0.15) is 0 Å². The normalized spacial score (nSPS) is 12.5. The van der Waals surface area contributed by atoms with Gasteiger partial charge in [-0.25, -0.2) is 0 Å². The van der Waals surface area contributed by atoms with E-state index in [1.54, 1.807) is 0 Å². The predicted molar refractivity (Wildman–Crippen MR) is 194 cm³/mol. The van der Waals surface area contributed by atoms with Crippen LogP contribution in [0.25, 0.3) is 66.1 Å². The van der Waals surface area contributed by atoms with Crippen LogP contribution in [0.5, 0.6) is 0 Å². The zero-order valence-corrected chi connectivity index (χ0v) is 25.6. The lowest BCUT2D eigenvalue weighted by Gasteiger charge is -2.27. The van der Waals surface area contributed by atoms with Crippen LogP contribution in [0.2, 0.25) is 0 Å². The molecular weight excluding hydrogens is 574 g/mol. The van der Waals surface area contributed by atoms with Gasteiger partial charge in [0.1, 0.15) is 11.3 Å². The van der Waals surface area contributed by atoms with Crippen LogP contribution in [-0.2, 0) is 12.8 Å². The van der Waals surface area contributed by atoms with E-state index in [1.165, 1.54) is 38.6 Å². The summed E-state index contributed by atoms with van der Waals surface area (Å²) in [6.45, 7) is 0. The second-order valence-electron chi connectivity index (χ2n) is 12.4. The molecule has 2 aromatic heterocycles. The van der Waals surface area contributed by atoms with E-state index in [1.807, 2.05) is 12.1 Å². The third kappa shape index (κ3) is 3.93. The molecule has 1 aliphatic carbocycles. The van der Waals surface area contributed by atoms with Gasteiger partial charge in [0.25, 0.3) is 0 Å². The monoisotopic (exact) mass is 603 g/mol. The molecule has 47 heavy (non-hydrogen) atoms. The fourth-order valence-electron chi connectivity index (χ4n) is 7.66. The topological polar surface area (TPSA) is 29.5 Å². The third-order valence-corrected chi connectivity index (χ3v) is 9.80. The van der Waals surface area contributed by atoms with Gasteiger partial charge in [-0.1, -0.05) is 127 Å². The first kappa shape index (κ1) is 26.2. The van der Waals surface area contributed by atoms with Gasteiger partial charge >= 0.3 is 0 Å². The highest BCUT2D eigenvalue weighted by molar-refractivity contribution is 6.14. The Labute approximate surface area is 271 Å². The van der Waals surface area contributed by atoms with Crippen molar-refractivity contribution in [3.63, 3.8) is 0 Å². The molecule has 10 rings (SSSR count). The Morgan fingerprint density at radius 1 is 0.404 bits per heavy atom. The van der Waals surface area contributed by atoms with Crippen molar-refractivity contribution in [1.29, 1.82) is 0 Å². The SMILES string of the molecule is c1ccc(-c2ccc(N(c3cccc4c5c(oc34)-c3ccccc3CC5)c3cccc4c3oc3ccccc34)c3ccccc23)cc1. The number of fused-ring (bicyclic) bond motifs is 9. The molecule has 1 aliphatic rings. The van der Waals surface area contributed by atoms with Gasteiger partial charge in [0.05, 0.1) is 17.1 Å². The van der Waals surface area contributed by atoms with Gasteiger partial charge in [0, 0.05) is 32.7 Å². The van der Waals surface area contributed by atoms with Gasteiger partial charge in [0.2, 0.25) is 0 Å². The lowest BCUT2D eigenvalue weighted by molar-refractivity contribution is 0.621. The second kappa shape index (κ2) is 10.2. The molecule has 0 amide bonds. The zero-order valence-electron chi connectivity index (χ0n) is 25.6. The smallest absolute Gasteiger partial charge is 0.159 e. The van der Waals surface area contributed by atoms with Gasteiger partial charge in [-0.3, -0.25) is 0 Å². The molecule has 3 nitrogen and oxygen atoms in total. The minimum Gasteiger partial charge on any atom is -0.454 e. The molecule has 9 aromatic rings. The van der Waals surface area contributed by atoms with Crippen LogP contribution in [-0.4, -0.2) is 0 Å². The van der Waals surface area contributed by atoms with Crippen molar-refractivity contribution in [1.82, 2.24) is 0 Å². The van der Waals surface area contributed by atoms with Crippen molar-refractivity contribution in [2.75, 3.05) is 4.90 Å². The highest BCUT2D eigenvalue weighted by atomic mass is 16.3. The summed E-state index contributed by atoms with van der Waals surface area (Å²) in [5.74, 6) is 0.987. The minimum atomic E-state index is 0.851. The fraction of sp³-hybridized carbons (Fsp3) is 0.0455. The van der Waals surface area contributed by atoms with Crippen molar-refractivity contribution in [3.8, 4) is 22.5 Å². The molecule has 0 saturated heterocycles. The van der Waals surface area contributed by atoms with E-state index in [-0.39, 0.29) is 0 Å². The number of para-hydroxylation sites is 3. The first-order valence-corrected chi connectivity index (χ1v) is 16.2. The molecule has 3 heteroatoms. The Morgan fingerprint density at radius 2 is 1.06 bits per heavy atom. The molecule has 222 valence electrons. The van der Waals surface area contributed by atoms with Crippen LogP contribution in [0.15, 0.2) is 160 Å². The maximum Gasteiger partial charge on any atom is 0.159 e. The molecule has 0 N–H and O–H groups in total. The van der Waals surface area contributed by atoms with Crippen LogP contribution in [0.3, 0.4) is 0 Å². The number of anilines is 3. The van der Waals surface area contributed by atoms with Crippen molar-refractivity contribution in [3.05, 3.63) is 163 Å². The van der Waals surface area contributed by atoms with Crippen LogP contribution in [0.1, 0.15) is 11.1 Å². The van der Waals surface area contributed by atoms with E-state index in [0.29, 0.717) is 0 Å². The van der Waals surface area contributed by atoms with Gasteiger partial charge in [-0.05, 0) is 59.2 Å². The molecule has 7 aromatic carbocycles. The van der Waals surface area contributed by atoms with E-state index < -0.39 is 0 Å². The summed E-state index contributed by atoms with van der Waals surface area (Å²) in [7, 11) is 0. The maximum absolute atomic E-state index is 6.98. The van der Waals surface area contributed by atoms with Crippen LogP contribution < -0.4 is 4.90 Å². The Kier molecular flexibility index (Phi) is 5.70. The van der Waals surface area contributed by atoms with Crippen LogP contribution in [0.4, 0.5) is 17.1 Å². The Bertz CT molecular complexity index is 2640. The van der Waals surface area contributed by atoms with Gasteiger partial charge in [-0.15, -0.1) is 0 Å². The maximum atomic E-state index is 6.98. The van der Waals surface area contributed by atoms with Crippen molar-refractivity contribution in [2.24, 2.45) is 0 Å². The Balaban J connectivity index is 1.30. The largest absolute Gasteiger partial charge is 0.454 e. The van der Waals surface area contributed by atoms with Crippen molar-refractivity contribution < 1.29 is 8.83 Å². The fourth-order valence-corrected chi connectivity index (χ4v) is 7.66. The summed E-state index contributed by atoms with van der Waals surface area (Å²) in [6, 6.07) is 53.8. The van der Waals surface area contributed by atoms with E-state index in [2.05, 4.69) is 144 Å². The van der Waals surface area contributed by atoms with Crippen LogP contribution in [0, 0.1) is 0 Å². The molecule has 0 atom stereocenters. The Hall–Kier alpha value is -6.06. The van der Waals surface area contributed by atoms with E-state index in [4.69, 9.17) is 8.83 Å². The third-order valence-electron chi connectivity index (χ3n) is 9.80. The molecule has 0 bridgehead atoms. The molecule has 0 radical (unpaired) electrons. The number of furan rings is 2. The summed E-state index contributed by atoms with van der Waals surface area (Å²) in [4.78, 5) is 2.35. The van der Waals surface area contributed by atoms with Crippen molar-refractivity contribution in [2.45, 2.75) is 12.8 Å². The summed E-state index contributed by atoms with van der Waals surface area (Å²) < 4.78 is 13.7. The molecule has 2 heterocycles. The highest BCUT2D eigenvalue weighted by Crippen LogP contribution is 2.50. The van der Waals surface area contributed by atoms with E-state index >= 15 is 0 Å². The first-order chi connectivity index (χ1) is 23.3. The highest BCUT2D eigenvalue weighted by Gasteiger charge is 2.28. The summed E-state index contributed by atoms with van der Waals surface area (Å²) in [6.07, 6.45) is 1.96. The van der Waals surface area contributed by atoms with Gasteiger partial charge < -0.3 is 13.7 Å². The average Bonchev–Trinajstić information content (AvgIpc) is 3.72. The lowest BCUT2D eigenvalue weighted by Crippen LogP contribution is -2.11. The molecular formula is C44H29NO2. The number of nitrogens with zero attached hydrogens (tertiary/aromatic N) is 1. The lowest BCUT2D eigenvalue weighted by atomic mass is 9.89. The Morgan fingerprint density at radius 3 is 1.91 bits per heavy atom. The average molecular weight is 604 g/mol. The summed E-state index contributed by atoms with van der Waals surface area (Å²) >= 11 is 0. The molecule has 0 aliphatic heterocycles. The number of benzene rings is 7. The number of aryl methyl sites for hydroxylation is 2. The second-order valence-corrected chi connectivity index (χ2v) is 12.4. The molecule has 0 unspecified atom stereocenters.